The first-order valence-electron chi connectivity index (χ1n) is 9.60. The zero-order valence-corrected chi connectivity index (χ0v) is 17.8. The van der Waals surface area contributed by atoms with Gasteiger partial charge in [0.15, 0.2) is 5.82 Å². The highest BCUT2D eigenvalue weighted by atomic mass is 32.1. The van der Waals surface area contributed by atoms with Crippen molar-refractivity contribution in [3.63, 3.8) is 0 Å². The van der Waals surface area contributed by atoms with E-state index in [0.29, 0.717) is 18.3 Å². The van der Waals surface area contributed by atoms with Crippen LogP contribution in [0.25, 0.3) is 21.3 Å². The van der Waals surface area contributed by atoms with Crippen LogP contribution in [0.15, 0.2) is 40.2 Å². The maximum absolute atomic E-state index is 5.19. The van der Waals surface area contributed by atoms with Crippen molar-refractivity contribution in [3.8, 4) is 11.1 Å². The Labute approximate surface area is 173 Å². The number of anilines is 1. The lowest BCUT2D eigenvalue weighted by molar-refractivity contribution is 0.384. The Morgan fingerprint density at radius 2 is 1.93 bits per heavy atom. The van der Waals surface area contributed by atoms with Crippen molar-refractivity contribution < 1.29 is 4.52 Å². The van der Waals surface area contributed by atoms with E-state index in [1.54, 1.807) is 18.3 Å². The van der Waals surface area contributed by atoms with Crippen LogP contribution in [0.2, 0.25) is 0 Å². The predicted molar refractivity (Wildman–Crippen MR) is 116 cm³/mol. The molecule has 0 radical (unpaired) electrons. The molecule has 150 valence electrons. The molecule has 1 atom stereocenters. The summed E-state index contributed by atoms with van der Waals surface area (Å²) in [6, 6.07) is 10.2. The molecule has 0 saturated heterocycles. The van der Waals surface area contributed by atoms with Crippen molar-refractivity contribution in [2.45, 2.75) is 32.9 Å². The second kappa shape index (κ2) is 8.26. The van der Waals surface area contributed by atoms with E-state index < -0.39 is 0 Å². The topological polar surface area (TPSA) is 80.0 Å². The molecule has 0 aliphatic carbocycles. The van der Waals surface area contributed by atoms with Gasteiger partial charge in [0, 0.05) is 17.9 Å². The molecule has 0 aliphatic rings. The zero-order chi connectivity index (χ0) is 20.4. The minimum absolute atomic E-state index is 0.0960. The standard InChI is InChI=1S/C21H24N6OS/c1-5-16(19-22-13(2)28-26-19)23-20-18-15(14-9-7-6-8-10-14)12-29-21(18)25-17(24-20)11-27(3)4/h6-10,12,16H,5,11H2,1-4H3,(H,23,24,25). The summed E-state index contributed by atoms with van der Waals surface area (Å²) in [6.45, 7) is 4.56. The van der Waals surface area contributed by atoms with Crippen LogP contribution < -0.4 is 5.32 Å². The van der Waals surface area contributed by atoms with Gasteiger partial charge >= 0.3 is 0 Å². The molecule has 4 rings (SSSR count). The first-order chi connectivity index (χ1) is 14.0. The number of rotatable bonds is 7. The van der Waals surface area contributed by atoms with E-state index in [1.165, 1.54) is 0 Å². The van der Waals surface area contributed by atoms with Crippen molar-refractivity contribution in [1.82, 2.24) is 25.0 Å². The molecule has 3 aromatic heterocycles. The highest BCUT2D eigenvalue weighted by molar-refractivity contribution is 7.17. The molecule has 1 N–H and O–H groups in total. The normalized spacial score (nSPS) is 12.6. The fourth-order valence-corrected chi connectivity index (χ4v) is 4.21. The number of hydrogen-bond donors (Lipinski definition) is 1. The molecule has 3 heterocycles. The maximum atomic E-state index is 5.19. The Morgan fingerprint density at radius 1 is 1.14 bits per heavy atom. The zero-order valence-electron chi connectivity index (χ0n) is 17.0. The van der Waals surface area contributed by atoms with E-state index in [-0.39, 0.29) is 6.04 Å². The minimum Gasteiger partial charge on any atom is -0.359 e. The smallest absolute Gasteiger partial charge is 0.223 e. The Balaban J connectivity index is 1.83. The van der Waals surface area contributed by atoms with Gasteiger partial charge in [-0.2, -0.15) is 4.98 Å². The highest BCUT2D eigenvalue weighted by Crippen LogP contribution is 2.38. The number of nitrogens with zero attached hydrogens (tertiary/aromatic N) is 5. The molecule has 1 aromatic carbocycles. The third-order valence-corrected chi connectivity index (χ3v) is 5.47. The number of aromatic nitrogens is 4. The Kier molecular flexibility index (Phi) is 5.55. The fourth-order valence-electron chi connectivity index (χ4n) is 3.24. The summed E-state index contributed by atoms with van der Waals surface area (Å²) in [6.07, 6.45) is 0.804. The van der Waals surface area contributed by atoms with Crippen molar-refractivity contribution in [1.29, 1.82) is 0 Å². The van der Waals surface area contributed by atoms with Crippen molar-refractivity contribution in [2.75, 3.05) is 19.4 Å². The summed E-state index contributed by atoms with van der Waals surface area (Å²) < 4.78 is 5.19. The van der Waals surface area contributed by atoms with Gasteiger partial charge in [-0.25, -0.2) is 9.97 Å². The Bertz CT molecular complexity index is 1110. The van der Waals surface area contributed by atoms with Gasteiger partial charge in [-0.1, -0.05) is 42.4 Å². The molecule has 8 heteroatoms. The first kappa shape index (κ1) is 19.5. The average Bonchev–Trinajstić information content (AvgIpc) is 3.32. The lowest BCUT2D eigenvalue weighted by atomic mass is 10.1. The number of nitrogens with one attached hydrogen (secondary N) is 1. The molecule has 29 heavy (non-hydrogen) atoms. The Morgan fingerprint density at radius 3 is 2.59 bits per heavy atom. The highest BCUT2D eigenvalue weighted by Gasteiger charge is 2.21. The van der Waals surface area contributed by atoms with Crippen molar-refractivity contribution >= 4 is 27.4 Å². The van der Waals surface area contributed by atoms with Crippen molar-refractivity contribution in [2.24, 2.45) is 0 Å². The quantitative estimate of drug-likeness (QED) is 0.476. The lowest BCUT2D eigenvalue weighted by Crippen LogP contribution is -2.16. The third-order valence-electron chi connectivity index (χ3n) is 4.60. The van der Waals surface area contributed by atoms with Crippen LogP contribution in [0.4, 0.5) is 5.82 Å². The van der Waals surface area contributed by atoms with Gasteiger partial charge < -0.3 is 14.7 Å². The summed E-state index contributed by atoms with van der Waals surface area (Å²) in [4.78, 5) is 17.1. The molecular formula is C21H24N6OS. The molecule has 0 spiro atoms. The lowest BCUT2D eigenvalue weighted by Gasteiger charge is -2.17. The van der Waals surface area contributed by atoms with E-state index in [4.69, 9.17) is 14.5 Å². The van der Waals surface area contributed by atoms with Crippen molar-refractivity contribution in [3.05, 3.63) is 53.3 Å². The van der Waals surface area contributed by atoms with Gasteiger partial charge in [0.2, 0.25) is 5.89 Å². The Hall–Kier alpha value is -2.84. The van der Waals surface area contributed by atoms with Crippen LogP contribution in [-0.4, -0.2) is 39.1 Å². The summed E-state index contributed by atoms with van der Waals surface area (Å²) in [5.74, 6) is 2.79. The van der Waals surface area contributed by atoms with E-state index in [1.807, 2.05) is 32.3 Å². The third kappa shape index (κ3) is 4.13. The van der Waals surface area contributed by atoms with Crippen LogP contribution >= 0.6 is 11.3 Å². The van der Waals surface area contributed by atoms with E-state index in [0.717, 1.165) is 39.4 Å². The van der Waals surface area contributed by atoms with Gasteiger partial charge in [0.05, 0.1) is 18.0 Å². The second-order valence-electron chi connectivity index (χ2n) is 7.20. The number of aryl methyl sites for hydroxylation is 1. The predicted octanol–water partition coefficient (Wildman–Crippen LogP) is 4.67. The van der Waals surface area contributed by atoms with Crippen LogP contribution in [0.5, 0.6) is 0 Å². The summed E-state index contributed by atoms with van der Waals surface area (Å²) in [5.41, 5.74) is 2.28. The molecule has 7 nitrogen and oxygen atoms in total. The fraction of sp³-hybridized carbons (Fsp3) is 0.333. The van der Waals surface area contributed by atoms with Crippen LogP contribution in [0, 0.1) is 6.92 Å². The number of hydrogen-bond acceptors (Lipinski definition) is 8. The minimum atomic E-state index is -0.0960. The van der Waals surface area contributed by atoms with Gasteiger partial charge in [0.25, 0.3) is 0 Å². The molecular weight excluding hydrogens is 384 g/mol. The molecule has 0 fully saturated rings. The number of thiophene rings is 1. The first-order valence-corrected chi connectivity index (χ1v) is 10.5. The SMILES string of the molecule is CCC(Nc1nc(CN(C)C)nc2scc(-c3ccccc3)c12)c1noc(C)n1. The molecule has 0 amide bonds. The van der Waals surface area contributed by atoms with Crippen LogP contribution in [0.1, 0.15) is 36.9 Å². The largest absolute Gasteiger partial charge is 0.359 e. The monoisotopic (exact) mass is 408 g/mol. The van der Waals surface area contributed by atoms with E-state index in [9.17, 15) is 0 Å². The number of benzene rings is 1. The molecule has 1 unspecified atom stereocenters. The van der Waals surface area contributed by atoms with Crippen LogP contribution in [0.3, 0.4) is 0 Å². The average molecular weight is 409 g/mol. The molecule has 4 aromatic rings. The summed E-state index contributed by atoms with van der Waals surface area (Å²) >= 11 is 1.64. The summed E-state index contributed by atoms with van der Waals surface area (Å²) in [5, 5.41) is 10.8. The maximum Gasteiger partial charge on any atom is 0.223 e. The van der Waals surface area contributed by atoms with E-state index >= 15 is 0 Å². The number of fused-ring (bicyclic) bond motifs is 1. The van der Waals surface area contributed by atoms with Gasteiger partial charge in [-0.15, -0.1) is 11.3 Å². The second-order valence-corrected chi connectivity index (χ2v) is 8.06. The summed E-state index contributed by atoms with van der Waals surface area (Å²) in [7, 11) is 4.03. The molecule has 0 bridgehead atoms. The van der Waals surface area contributed by atoms with Gasteiger partial charge in [0.1, 0.15) is 16.5 Å². The van der Waals surface area contributed by atoms with Gasteiger partial charge in [-0.3, -0.25) is 0 Å². The van der Waals surface area contributed by atoms with Crippen LogP contribution in [-0.2, 0) is 6.54 Å². The van der Waals surface area contributed by atoms with Gasteiger partial charge in [-0.05, 0) is 26.1 Å². The molecule has 0 saturated carbocycles. The molecule has 0 aliphatic heterocycles. The van der Waals surface area contributed by atoms with E-state index in [2.05, 4.69) is 44.8 Å².